The van der Waals surface area contributed by atoms with E-state index in [-0.39, 0.29) is 23.7 Å². The van der Waals surface area contributed by atoms with Crippen LogP contribution in [0.5, 0.6) is 6.01 Å². The predicted octanol–water partition coefficient (Wildman–Crippen LogP) is 4.27. The van der Waals surface area contributed by atoms with E-state index in [0.29, 0.717) is 30.7 Å². The zero-order valence-corrected chi connectivity index (χ0v) is 14.9. The third kappa shape index (κ3) is 5.32. The van der Waals surface area contributed by atoms with Crippen molar-refractivity contribution >= 4 is 17.5 Å². The summed E-state index contributed by atoms with van der Waals surface area (Å²) in [6.45, 7) is 0. The highest BCUT2D eigenvalue weighted by molar-refractivity contribution is 6.30. The first kappa shape index (κ1) is 19.4. The van der Waals surface area contributed by atoms with E-state index < -0.39 is 17.6 Å². The van der Waals surface area contributed by atoms with Crippen LogP contribution in [-0.2, 0) is 6.18 Å². The van der Waals surface area contributed by atoms with Crippen LogP contribution in [0.1, 0.15) is 41.6 Å². The van der Waals surface area contributed by atoms with Gasteiger partial charge in [-0.15, -0.1) is 0 Å². The van der Waals surface area contributed by atoms with Gasteiger partial charge in [-0.05, 0) is 43.9 Å². The molecule has 2 aromatic rings. The summed E-state index contributed by atoms with van der Waals surface area (Å²) in [5, 5.41) is 3.21. The zero-order chi connectivity index (χ0) is 19.4. The number of halogens is 4. The van der Waals surface area contributed by atoms with Crippen LogP contribution >= 0.6 is 11.6 Å². The Morgan fingerprint density at radius 2 is 1.81 bits per heavy atom. The Kier molecular flexibility index (Phi) is 5.84. The molecule has 5 nitrogen and oxygen atoms in total. The minimum atomic E-state index is -4.48. The first-order chi connectivity index (χ1) is 12.8. The number of carbonyl (C=O) groups is 1. The first-order valence-corrected chi connectivity index (χ1v) is 8.81. The van der Waals surface area contributed by atoms with Crippen molar-refractivity contribution < 1.29 is 22.7 Å². The third-order valence-electron chi connectivity index (χ3n) is 4.33. The fraction of sp³-hybridized carbons (Fsp3) is 0.389. The van der Waals surface area contributed by atoms with Crippen LogP contribution in [0, 0.1) is 0 Å². The minimum Gasteiger partial charge on any atom is -0.460 e. The van der Waals surface area contributed by atoms with Crippen LogP contribution in [0.25, 0.3) is 0 Å². The van der Waals surface area contributed by atoms with E-state index in [1.807, 2.05) is 0 Å². The van der Waals surface area contributed by atoms with Gasteiger partial charge in [0.2, 0.25) is 0 Å². The number of hydrogen-bond donors (Lipinski definition) is 1. The zero-order valence-electron chi connectivity index (χ0n) is 14.2. The van der Waals surface area contributed by atoms with Crippen LogP contribution < -0.4 is 10.1 Å². The molecule has 1 aliphatic rings. The molecule has 1 amide bonds. The number of nitrogens with one attached hydrogen (secondary N) is 1. The van der Waals surface area contributed by atoms with Crippen molar-refractivity contribution in [1.82, 2.24) is 15.3 Å². The van der Waals surface area contributed by atoms with E-state index in [1.54, 1.807) is 0 Å². The Morgan fingerprint density at radius 1 is 1.15 bits per heavy atom. The van der Waals surface area contributed by atoms with Crippen LogP contribution in [-0.4, -0.2) is 28.0 Å². The van der Waals surface area contributed by atoms with Gasteiger partial charge in [-0.3, -0.25) is 4.79 Å². The van der Waals surface area contributed by atoms with Crippen molar-refractivity contribution in [3.05, 3.63) is 52.8 Å². The molecule has 0 saturated heterocycles. The number of rotatable bonds is 4. The summed E-state index contributed by atoms with van der Waals surface area (Å²) in [4.78, 5) is 20.2. The molecule has 0 aliphatic heterocycles. The Morgan fingerprint density at radius 3 is 2.44 bits per heavy atom. The quantitative estimate of drug-likeness (QED) is 0.834. The summed E-state index contributed by atoms with van der Waals surface area (Å²) < 4.78 is 44.0. The van der Waals surface area contributed by atoms with Crippen LogP contribution in [0.15, 0.2) is 36.7 Å². The van der Waals surface area contributed by atoms with E-state index in [1.165, 1.54) is 24.5 Å². The van der Waals surface area contributed by atoms with Crippen molar-refractivity contribution in [3.63, 3.8) is 0 Å². The molecule has 0 spiro atoms. The number of amides is 1. The van der Waals surface area contributed by atoms with E-state index in [4.69, 9.17) is 16.3 Å². The van der Waals surface area contributed by atoms with Crippen LogP contribution in [0.2, 0.25) is 5.02 Å². The molecule has 0 atom stereocenters. The molecule has 1 aromatic carbocycles. The average Bonchev–Trinajstić information content (AvgIpc) is 2.64. The SMILES string of the molecule is O=C(NC1CCC(Oc2ncc(Cl)cn2)CC1)c1cccc(C(F)(F)F)c1. The third-order valence-corrected chi connectivity index (χ3v) is 4.53. The number of carbonyl (C=O) groups excluding carboxylic acids is 1. The van der Waals surface area contributed by atoms with Crippen molar-refractivity contribution in [1.29, 1.82) is 0 Å². The molecule has 1 N–H and O–H groups in total. The van der Waals surface area contributed by atoms with Gasteiger partial charge in [0, 0.05) is 11.6 Å². The maximum Gasteiger partial charge on any atom is 0.416 e. The van der Waals surface area contributed by atoms with Crippen molar-refractivity contribution in [3.8, 4) is 6.01 Å². The van der Waals surface area contributed by atoms with Crippen LogP contribution in [0.4, 0.5) is 13.2 Å². The maximum absolute atomic E-state index is 12.8. The van der Waals surface area contributed by atoms with E-state index in [0.717, 1.165) is 12.1 Å². The predicted molar refractivity (Wildman–Crippen MR) is 92.6 cm³/mol. The molecule has 0 bridgehead atoms. The first-order valence-electron chi connectivity index (χ1n) is 8.43. The average molecular weight is 400 g/mol. The van der Waals surface area contributed by atoms with Gasteiger partial charge in [0.1, 0.15) is 6.10 Å². The molecule has 0 radical (unpaired) electrons. The van der Waals surface area contributed by atoms with Gasteiger partial charge in [-0.25, -0.2) is 9.97 Å². The highest BCUT2D eigenvalue weighted by Crippen LogP contribution is 2.29. The standard InChI is InChI=1S/C18H17ClF3N3O2/c19-13-9-23-17(24-10-13)27-15-6-4-14(5-7-15)25-16(26)11-2-1-3-12(8-11)18(20,21)22/h1-3,8-10,14-15H,4-7H2,(H,25,26). The molecule has 9 heteroatoms. The summed E-state index contributed by atoms with van der Waals surface area (Å²) in [5.74, 6) is -0.508. The lowest BCUT2D eigenvalue weighted by atomic mass is 9.92. The summed E-state index contributed by atoms with van der Waals surface area (Å²) >= 11 is 5.72. The van der Waals surface area contributed by atoms with Crippen molar-refractivity contribution in [2.75, 3.05) is 0 Å². The van der Waals surface area contributed by atoms with Gasteiger partial charge in [0.05, 0.1) is 23.0 Å². The van der Waals surface area contributed by atoms with Gasteiger partial charge in [0.25, 0.3) is 5.91 Å². The largest absolute Gasteiger partial charge is 0.460 e. The van der Waals surface area contributed by atoms with Crippen LogP contribution in [0.3, 0.4) is 0 Å². The van der Waals surface area contributed by atoms with Crippen molar-refractivity contribution in [2.45, 2.75) is 44.0 Å². The molecule has 27 heavy (non-hydrogen) atoms. The molecule has 3 rings (SSSR count). The summed E-state index contributed by atoms with van der Waals surface area (Å²) in [6, 6.07) is 4.54. The summed E-state index contributed by atoms with van der Waals surface area (Å²) in [7, 11) is 0. The minimum absolute atomic E-state index is 0.00207. The molecule has 144 valence electrons. The lowest BCUT2D eigenvalue weighted by molar-refractivity contribution is -0.137. The highest BCUT2D eigenvalue weighted by atomic mass is 35.5. The fourth-order valence-corrected chi connectivity index (χ4v) is 3.04. The number of aromatic nitrogens is 2. The molecule has 1 aromatic heterocycles. The van der Waals surface area contributed by atoms with E-state index in [2.05, 4.69) is 15.3 Å². The smallest absolute Gasteiger partial charge is 0.416 e. The Labute approximate surface area is 158 Å². The summed E-state index contributed by atoms with van der Waals surface area (Å²) in [5.41, 5.74) is -0.840. The number of benzene rings is 1. The Hall–Kier alpha value is -2.35. The van der Waals surface area contributed by atoms with E-state index in [9.17, 15) is 18.0 Å². The highest BCUT2D eigenvalue weighted by Gasteiger charge is 2.31. The molecule has 1 aliphatic carbocycles. The molecule has 1 saturated carbocycles. The molecular weight excluding hydrogens is 383 g/mol. The van der Waals surface area contributed by atoms with E-state index >= 15 is 0 Å². The lowest BCUT2D eigenvalue weighted by Gasteiger charge is -2.28. The second-order valence-electron chi connectivity index (χ2n) is 6.33. The number of nitrogens with zero attached hydrogens (tertiary/aromatic N) is 2. The number of ether oxygens (including phenoxy) is 1. The van der Waals surface area contributed by atoms with Gasteiger partial charge >= 0.3 is 12.2 Å². The second kappa shape index (κ2) is 8.12. The number of alkyl halides is 3. The van der Waals surface area contributed by atoms with Gasteiger partial charge in [-0.1, -0.05) is 17.7 Å². The Bertz CT molecular complexity index is 791. The lowest BCUT2D eigenvalue weighted by Crippen LogP contribution is -2.39. The maximum atomic E-state index is 12.8. The summed E-state index contributed by atoms with van der Waals surface area (Å²) in [6.07, 6.45) is 1.02. The fourth-order valence-electron chi connectivity index (χ4n) is 2.94. The van der Waals surface area contributed by atoms with Gasteiger partial charge in [0.15, 0.2) is 0 Å². The van der Waals surface area contributed by atoms with Gasteiger partial charge < -0.3 is 10.1 Å². The molecule has 0 unspecified atom stereocenters. The Balaban J connectivity index is 1.51. The van der Waals surface area contributed by atoms with Gasteiger partial charge in [-0.2, -0.15) is 13.2 Å². The topological polar surface area (TPSA) is 64.1 Å². The molecular formula is C18H17ClF3N3O2. The number of hydrogen-bond acceptors (Lipinski definition) is 4. The normalized spacial score (nSPS) is 20.1. The molecule has 1 fully saturated rings. The molecule has 1 heterocycles. The van der Waals surface area contributed by atoms with Crippen molar-refractivity contribution in [2.24, 2.45) is 0 Å². The second-order valence-corrected chi connectivity index (χ2v) is 6.76. The monoisotopic (exact) mass is 399 g/mol.